The summed E-state index contributed by atoms with van der Waals surface area (Å²) in [5.74, 6) is -0.564. The van der Waals surface area contributed by atoms with Crippen LogP contribution in [0.3, 0.4) is 0 Å². The molecule has 11 heavy (non-hydrogen) atoms. The first-order chi connectivity index (χ1) is 5.06. The zero-order valence-electron chi connectivity index (χ0n) is 6.29. The molecule has 0 aliphatic carbocycles. The third kappa shape index (κ3) is 5.16. The standard InChI is InChI=1S/C5H10N2O4/c1-3(8)10-5(7-2)11-4(6)9/h5,7H,1-2H3,(H2,6,9). The minimum Gasteiger partial charge on any atom is -0.411 e. The SMILES string of the molecule is CNC(OC(C)=O)OC(N)=O. The highest BCUT2D eigenvalue weighted by Gasteiger charge is 2.11. The zero-order valence-corrected chi connectivity index (χ0v) is 6.29. The lowest BCUT2D eigenvalue weighted by molar-refractivity contribution is -0.168. The van der Waals surface area contributed by atoms with E-state index < -0.39 is 18.5 Å². The minimum absolute atomic E-state index is 0.564. The summed E-state index contributed by atoms with van der Waals surface area (Å²) in [5, 5.41) is 2.40. The van der Waals surface area contributed by atoms with Crippen LogP contribution in [0.25, 0.3) is 0 Å². The smallest absolute Gasteiger partial charge is 0.408 e. The van der Waals surface area contributed by atoms with E-state index in [4.69, 9.17) is 0 Å². The van der Waals surface area contributed by atoms with Gasteiger partial charge in [0.1, 0.15) is 0 Å². The van der Waals surface area contributed by atoms with Gasteiger partial charge < -0.3 is 15.2 Å². The van der Waals surface area contributed by atoms with Gasteiger partial charge in [0.15, 0.2) is 0 Å². The Morgan fingerprint density at radius 1 is 1.45 bits per heavy atom. The molecule has 0 heterocycles. The average Bonchev–Trinajstić information content (AvgIpc) is 1.84. The van der Waals surface area contributed by atoms with Gasteiger partial charge in [0.05, 0.1) is 0 Å². The molecule has 1 amide bonds. The number of carbonyl (C=O) groups excluding carboxylic acids is 2. The van der Waals surface area contributed by atoms with Crippen molar-refractivity contribution < 1.29 is 19.1 Å². The Hall–Kier alpha value is -1.30. The van der Waals surface area contributed by atoms with Crippen molar-refractivity contribution in [2.24, 2.45) is 5.73 Å². The summed E-state index contributed by atoms with van der Waals surface area (Å²) in [6, 6.07) is 0. The molecule has 0 rings (SSSR count). The molecular weight excluding hydrogens is 152 g/mol. The number of esters is 1. The molecule has 6 nitrogen and oxygen atoms in total. The number of rotatable bonds is 3. The van der Waals surface area contributed by atoms with Crippen LogP contribution >= 0.6 is 0 Å². The van der Waals surface area contributed by atoms with E-state index in [1.807, 2.05) is 0 Å². The summed E-state index contributed by atoms with van der Waals surface area (Å²) < 4.78 is 8.73. The molecule has 0 aromatic heterocycles. The van der Waals surface area contributed by atoms with Crippen LogP contribution in [-0.4, -0.2) is 25.5 Å². The van der Waals surface area contributed by atoms with E-state index >= 15 is 0 Å². The number of nitrogens with two attached hydrogens (primary N) is 1. The number of amides is 1. The Kier molecular flexibility index (Phi) is 3.97. The number of carbonyl (C=O) groups is 2. The molecular formula is C5H10N2O4. The van der Waals surface area contributed by atoms with Crippen molar-refractivity contribution in [3.8, 4) is 0 Å². The van der Waals surface area contributed by atoms with Crippen molar-refractivity contribution in [3.63, 3.8) is 0 Å². The van der Waals surface area contributed by atoms with Crippen LogP contribution in [0, 0.1) is 0 Å². The number of hydrogen-bond donors (Lipinski definition) is 2. The maximum atomic E-state index is 10.3. The van der Waals surface area contributed by atoms with Crippen molar-refractivity contribution >= 4 is 12.1 Å². The van der Waals surface area contributed by atoms with Gasteiger partial charge in [-0.1, -0.05) is 0 Å². The molecule has 0 saturated heterocycles. The first-order valence-electron chi connectivity index (χ1n) is 2.87. The zero-order chi connectivity index (χ0) is 8.85. The summed E-state index contributed by atoms with van der Waals surface area (Å²) in [5.41, 5.74) is 4.65. The maximum Gasteiger partial charge on any atom is 0.408 e. The number of primary amides is 1. The van der Waals surface area contributed by atoms with Gasteiger partial charge in [0.2, 0.25) is 0 Å². The minimum atomic E-state index is -1.11. The Morgan fingerprint density at radius 2 is 2.00 bits per heavy atom. The third-order valence-corrected chi connectivity index (χ3v) is 0.732. The van der Waals surface area contributed by atoms with E-state index in [1.165, 1.54) is 14.0 Å². The molecule has 0 aromatic carbocycles. The van der Waals surface area contributed by atoms with Crippen LogP contribution in [-0.2, 0) is 14.3 Å². The summed E-state index contributed by atoms with van der Waals surface area (Å²) >= 11 is 0. The lowest BCUT2D eigenvalue weighted by atomic mass is 10.8. The van der Waals surface area contributed by atoms with E-state index in [0.717, 1.165) is 0 Å². The molecule has 3 N–H and O–H groups in total. The molecule has 0 radical (unpaired) electrons. The summed E-state index contributed by atoms with van der Waals surface area (Å²) in [4.78, 5) is 20.4. The van der Waals surface area contributed by atoms with E-state index in [9.17, 15) is 9.59 Å². The molecule has 0 aliphatic rings. The number of hydrogen-bond acceptors (Lipinski definition) is 5. The first-order valence-corrected chi connectivity index (χ1v) is 2.87. The van der Waals surface area contributed by atoms with Gasteiger partial charge in [-0.3, -0.25) is 10.1 Å². The van der Waals surface area contributed by atoms with Crippen LogP contribution in [0.5, 0.6) is 0 Å². The van der Waals surface area contributed by atoms with Crippen LogP contribution in [0.1, 0.15) is 6.92 Å². The molecule has 64 valence electrons. The third-order valence-electron chi connectivity index (χ3n) is 0.732. The normalized spacial score (nSPS) is 11.8. The Labute approximate surface area is 63.6 Å². The number of nitrogens with one attached hydrogen (secondary N) is 1. The summed E-state index contributed by atoms with van der Waals surface area (Å²) in [6.07, 6.45) is -2.12. The van der Waals surface area contributed by atoms with E-state index in [1.54, 1.807) is 0 Å². The highest BCUT2D eigenvalue weighted by Crippen LogP contribution is 1.89. The fourth-order valence-electron chi connectivity index (χ4n) is 0.398. The molecule has 1 unspecified atom stereocenters. The molecule has 1 atom stereocenters. The van der Waals surface area contributed by atoms with Crippen molar-refractivity contribution in [1.82, 2.24) is 5.32 Å². The highest BCUT2D eigenvalue weighted by molar-refractivity contribution is 5.67. The molecule has 0 fully saturated rings. The second kappa shape index (κ2) is 4.51. The second-order valence-corrected chi connectivity index (χ2v) is 1.67. The predicted molar refractivity (Wildman–Crippen MR) is 35.3 cm³/mol. The fraction of sp³-hybridized carbons (Fsp3) is 0.600. The molecule has 0 aliphatic heterocycles. The molecule has 0 aromatic rings. The van der Waals surface area contributed by atoms with Crippen LogP contribution < -0.4 is 11.1 Å². The van der Waals surface area contributed by atoms with E-state index in [2.05, 4.69) is 20.5 Å². The Balaban J connectivity index is 3.76. The van der Waals surface area contributed by atoms with Gasteiger partial charge in [0, 0.05) is 6.92 Å². The van der Waals surface area contributed by atoms with Gasteiger partial charge in [-0.15, -0.1) is 0 Å². The molecule has 0 saturated carbocycles. The maximum absolute atomic E-state index is 10.3. The molecule has 6 heteroatoms. The van der Waals surface area contributed by atoms with Gasteiger partial charge in [0.25, 0.3) is 0 Å². The molecule has 0 spiro atoms. The Bertz CT molecular complexity index is 143. The van der Waals surface area contributed by atoms with Gasteiger partial charge in [-0.2, -0.15) is 0 Å². The van der Waals surface area contributed by atoms with Crippen LogP contribution in [0.2, 0.25) is 0 Å². The predicted octanol–water partition coefficient (Wildman–Crippen LogP) is -0.852. The van der Waals surface area contributed by atoms with Gasteiger partial charge in [-0.05, 0) is 7.05 Å². The van der Waals surface area contributed by atoms with E-state index in [0.29, 0.717) is 0 Å². The Morgan fingerprint density at radius 3 is 2.27 bits per heavy atom. The lowest BCUT2D eigenvalue weighted by Crippen LogP contribution is -2.36. The topological polar surface area (TPSA) is 90.7 Å². The monoisotopic (exact) mass is 162 g/mol. The van der Waals surface area contributed by atoms with Crippen LogP contribution in [0.4, 0.5) is 4.79 Å². The fourth-order valence-corrected chi connectivity index (χ4v) is 0.398. The quantitative estimate of drug-likeness (QED) is 0.416. The largest absolute Gasteiger partial charge is 0.411 e. The first kappa shape index (κ1) is 9.70. The average molecular weight is 162 g/mol. The van der Waals surface area contributed by atoms with Crippen molar-refractivity contribution in [1.29, 1.82) is 0 Å². The van der Waals surface area contributed by atoms with Gasteiger partial charge in [-0.25, -0.2) is 4.79 Å². The highest BCUT2D eigenvalue weighted by atomic mass is 16.7. The lowest BCUT2D eigenvalue weighted by Gasteiger charge is -2.13. The number of ether oxygens (including phenoxy) is 2. The van der Waals surface area contributed by atoms with Crippen LogP contribution in [0.15, 0.2) is 0 Å². The second-order valence-electron chi connectivity index (χ2n) is 1.67. The summed E-state index contributed by atoms with van der Waals surface area (Å²) in [7, 11) is 1.45. The molecule has 0 bridgehead atoms. The summed E-state index contributed by atoms with van der Waals surface area (Å²) in [6.45, 7) is 1.19. The van der Waals surface area contributed by atoms with Crippen molar-refractivity contribution in [2.45, 2.75) is 13.3 Å². The van der Waals surface area contributed by atoms with Crippen molar-refractivity contribution in [3.05, 3.63) is 0 Å². The van der Waals surface area contributed by atoms with Gasteiger partial charge >= 0.3 is 18.5 Å². The van der Waals surface area contributed by atoms with E-state index in [-0.39, 0.29) is 0 Å². The van der Waals surface area contributed by atoms with Crippen molar-refractivity contribution in [2.75, 3.05) is 7.05 Å².